The smallest absolute Gasteiger partial charge is 0.262 e. The molecule has 140 valence electrons. The Morgan fingerprint density at radius 1 is 1.30 bits per heavy atom. The van der Waals surface area contributed by atoms with Crippen LogP contribution in [-0.2, 0) is 16.1 Å². The summed E-state index contributed by atoms with van der Waals surface area (Å²) in [5, 5.41) is 22.4. The SMILES string of the molecule is CCOc1cc(/C=C(\C#N)C(=O)NCc2ccco2)ccc1OCC(=O)[O-]. The van der Waals surface area contributed by atoms with Gasteiger partial charge in [-0.1, -0.05) is 6.07 Å². The minimum absolute atomic E-state index is 0.104. The van der Waals surface area contributed by atoms with Gasteiger partial charge in [0.2, 0.25) is 0 Å². The van der Waals surface area contributed by atoms with Crippen LogP contribution in [0.2, 0.25) is 0 Å². The molecule has 0 atom stereocenters. The van der Waals surface area contributed by atoms with Crippen LogP contribution in [0.1, 0.15) is 18.2 Å². The Morgan fingerprint density at radius 3 is 2.74 bits per heavy atom. The van der Waals surface area contributed by atoms with E-state index >= 15 is 0 Å². The van der Waals surface area contributed by atoms with Gasteiger partial charge in [0.15, 0.2) is 11.5 Å². The van der Waals surface area contributed by atoms with Crippen LogP contribution in [0, 0.1) is 11.3 Å². The summed E-state index contributed by atoms with van der Waals surface area (Å²) in [6, 6.07) is 9.86. The van der Waals surface area contributed by atoms with Crippen molar-refractivity contribution in [3.63, 3.8) is 0 Å². The van der Waals surface area contributed by atoms with Crippen LogP contribution in [0.25, 0.3) is 6.08 Å². The highest BCUT2D eigenvalue weighted by Gasteiger charge is 2.11. The van der Waals surface area contributed by atoms with Crippen molar-refractivity contribution < 1.29 is 28.6 Å². The number of ether oxygens (including phenoxy) is 2. The average Bonchev–Trinajstić information content (AvgIpc) is 3.17. The molecular formula is C19H17N2O6-. The van der Waals surface area contributed by atoms with Gasteiger partial charge in [0.05, 0.1) is 25.4 Å². The maximum absolute atomic E-state index is 12.2. The number of nitrogens with one attached hydrogen (secondary N) is 1. The molecule has 2 aromatic rings. The highest BCUT2D eigenvalue weighted by molar-refractivity contribution is 6.01. The van der Waals surface area contributed by atoms with E-state index in [1.807, 2.05) is 6.07 Å². The number of carbonyl (C=O) groups is 2. The number of furan rings is 1. The first-order chi connectivity index (χ1) is 13.0. The van der Waals surface area contributed by atoms with Crippen molar-refractivity contribution in [2.45, 2.75) is 13.5 Å². The lowest BCUT2D eigenvalue weighted by atomic mass is 10.1. The minimum atomic E-state index is -1.36. The summed E-state index contributed by atoms with van der Waals surface area (Å²) in [6.45, 7) is 1.62. The number of carboxylic acids is 1. The summed E-state index contributed by atoms with van der Waals surface area (Å²) in [5.41, 5.74) is 0.413. The van der Waals surface area contributed by atoms with E-state index in [9.17, 15) is 20.0 Å². The Labute approximate surface area is 155 Å². The van der Waals surface area contributed by atoms with Crippen molar-refractivity contribution in [3.05, 3.63) is 53.5 Å². The van der Waals surface area contributed by atoms with E-state index in [0.29, 0.717) is 23.7 Å². The second-order valence-corrected chi connectivity index (χ2v) is 5.23. The van der Waals surface area contributed by atoms with E-state index in [4.69, 9.17) is 13.9 Å². The van der Waals surface area contributed by atoms with Crippen molar-refractivity contribution in [1.29, 1.82) is 5.26 Å². The van der Waals surface area contributed by atoms with E-state index in [0.717, 1.165) is 0 Å². The van der Waals surface area contributed by atoms with E-state index in [1.54, 1.807) is 31.2 Å². The van der Waals surface area contributed by atoms with Gasteiger partial charge in [-0.2, -0.15) is 5.26 Å². The summed E-state index contributed by atoms with van der Waals surface area (Å²) >= 11 is 0. The van der Waals surface area contributed by atoms with Gasteiger partial charge >= 0.3 is 0 Å². The molecule has 1 heterocycles. The highest BCUT2D eigenvalue weighted by Crippen LogP contribution is 2.29. The van der Waals surface area contributed by atoms with Gasteiger partial charge in [0, 0.05) is 0 Å². The van der Waals surface area contributed by atoms with Crippen molar-refractivity contribution >= 4 is 18.0 Å². The summed E-state index contributed by atoms with van der Waals surface area (Å²) in [4.78, 5) is 22.7. The van der Waals surface area contributed by atoms with Gasteiger partial charge in [-0.05, 0) is 42.8 Å². The minimum Gasteiger partial charge on any atom is -0.546 e. The zero-order valence-corrected chi connectivity index (χ0v) is 14.6. The standard InChI is InChI=1S/C19H18N2O6/c1-2-25-17-9-13(5-6-16(17)27-12-18(22)23)8-14(10-20)19(24)21-11-15-4-3-7-26-15/h3-9H,2,11-12H2,1H3,(H,21,24)(H,22,23)/p-1/b14-8+. The van der Waals surface area contributed by atoms with Gasteiger partial charge in [-0.15, -0.1) is 0 Å². The highest BCUT2D eigenvalue weighted by atomic mass is 16.5. The van der Waals surface area contributed by atoms with E-state index in [1.165, 1.54) is 18.4 Å². The number of rotatable bonds is 9. The van der Waals surface area contributed by atoms with Crippen molar-refractivity contribution in [2.75, 3.05) is 13.2 Å². The number of hydrogen-bond donors (Lipinski definition) is 1. The Bertz CT molecular complexity index is 865. The van der Waals surface area contributed by atoms with Gasteiger partial charge in [0.1, 0.15) is 24.0 Å². The average molecular weight is 369 g/mol. The number of hydrogen-bond acceptors (Lipinski definition) is 7. The lowest BCUT2D eigenvalue weighted by Gasteiger charge is -2.13. The topological polar surface area (TPSA) is 125 Å². The molecule has 8 nitrogen and oxygen atoms in total. The Morgan fingerprint density at radius 2 is 2.11 bits per heavy atom. The Kier molecular flexibility index (Phi) is 7.02. The van der Waals surface area contributed by atoms with Crippen LogP contribution in [0.4, 0.5) is 0 Å². The molecule has 0 saturated carbocycles. The van der Waals surface area contributed by atoms with Crippen LogP contribution in [0.5, 0.6) is 11.5 Å². The predicted molar refractivity (Wildman–Crippen MR) is 92.3 cm³/mol. The molecule has 0 unspecified atom stereocenters. The number of amides is 1. The molecule has 27 heavy (non-hydrogen) atoms. The molecule has 0 fully saturated rings. The van der Waals surface area contributed by atoms with Crippen LogP contribution < -0.4 is 19.9 Å². The fourth-order valence-electron chi connectivity index (χ4n) is 2.13. The maximum Gasteiger partial charge on any atom is 0.262 e. The first-order valence-corrected chi connectivity index (χ1v) is 8.05. The van der Waals surface area contributed by atoms with Crippen LogP contribution >= 0.6 is 0 Å². The van der Waals surface area contributed by atoms with Gasteiger partial charge in [-0.25, -0.2) is 0 Å². The van der Waals surface area contributed by atoms with Gasteiger partial charge < -0.3 is 29.1 Å². The third-order valence-electron chi connectivity index (χ3n) is 3.29. The molecule has 0 spiro atoms. The first kappa shape index (κ1) is 19.6. The van der Waals surface area contributed by atoms with Crippen LogP contribution in [0.3, 0.4) is 0 Å². The van der Waals surface area contributed by atoms with Crippen molar-refractivity contribution in [2.24, 2.45) is 0 Å². The number of nitriles is 1. The summed E-state index contributed by atoms with van der Waals surface area (Å²) in [6.07, 6.45) is 2.88. The zero-order chi connectivity index (χ0) is 19.6. The second kappa shape index (κ2) is 9.68. The molecule has 2 rings (SSSR count). The molecule has 0 bridgehead atoms. The Balaban J connectivity index is 2.15. The molecule has 0 aliphatic heterocycles. The Hall–Kier alpha value is -3.73. The van der Waals surface area contributed by atoms with Crippen molar-refractivity contribution in [3.8, 4) is 17.6 Å². The van der Waals surface area contributed by atoms with E-state index in [2.05, 4.69) is 5.32 Å². The molecule has 8 heteroatoms. The number of nitrogens with zero attached hydrogens (tertiary/aromatic N) is 1. The molecule has 1 aromatic carbocycles. The largest absolute Gasteiger partial charge is 0.546 e. The van der Waals surface area contributed by atoms with E-state index < -0.39 is 18.5 Å². The summed E-state index contributed by atoms with van der Waals surface area (Å²) in [5.74, 6) is -0.834. The van der Waals surface area contributed by atoms with E-state index in [-0.39, 0.29) is 17.9 Å². The molecule has 0 aliphatic rings. The maximum atomic E-state index is 12.2. The molecule has 1 aromatic heterocycles. The number of benzene rings is 1. The fraction of sp³-hybridized carbons (Fsp3) is 0.211. The molecular weight excluding hydrogens is 352 g/mol. The first-order valence-electron chi connectivity index (χ1n) is 8.05. The number of carbonyl (C=O) groups excluding carboxylic acids is 2. The molecule has 1 amide bonds. The van der Waals surface area contributed by atoms with Crippen LogP contribution in [-0.4, -0.2) is 25.1 Å². The van der Waals surface area contributed by atoms with Crippen molar-refractivity contribution in [1.82, 2.24) is 5.32 Å². The molecule has 0 saturated heterocycles. The monoisotopic (exact) mass is 369 g/mol. The quantitative estimate of drug-likeness (QED) is 0.517. The molecule has 0 aliphatic carbocycles. The third kappa shape index (κ3) is 5.93. The zero-order valence-electron chi connectivity index (χ0n) is 14.6. The predicted octanol–water partition coefficient (Wildman–Crippen LogP) is 1.03. The third-order valence-corrected chi connectivity index (χ3v) is 3.29. The van der Waals surface area contributed by atoms with Gasteiger partial charge in [0.25, 0.3) is 5.91 Å². The fourth-order valence-corrected chi connectivity index (χ4v) is 2.13. The normalized spacial score (nSPS) is 10.7. The second-order valence-electron chi connectivity index (χ2n) is 5.23. The lowest BCUT2D eigenvalue weighted by Crippen LogP contribution is -2.29. The number of aliphatic carboxylic acids is 1. The molecule has 0 radical (unpaired) electrons. The van der Waals surface area contributed by atoms with Crippen LogP contribution in [0.15, 0.2) is 46.6 Å². The summed E-state index contributed by atoms with van der Waals surface area (Å²) < 4.78 is 15.6. The summed E-state index contributed by atoms with van der Waals surface area (Å²) in [7, 11) is 0. The van der Waals surface area contributed by atoms with Gasteiger partial charge in [-0.3, -0.25) is 4.79 Å². The number of carboxylic acid groups (broad SMARTS) is 1. The lowest BCUT2D eigenvalue weighted by molar-refractivity contribution is -0.307. The molecule has 1 N–H and O–H groups in total.